The second-order valence-corrected chi connectivity index (χ2v) is 7.88. The highest BCUT2D eigenvalue weighted by molar-refractivity contribution is 5.81. The molecule has 138 valence electrons. The van der Waals surface area contributed by atoms with Crippen molar-refractivity contribution in [1.29, 1.82) is 0 Å². The number of phenolic OH excluding ortho intramolecular Hbond substituents is 1. The summed E-state index contributed by atoms with van der Waals surface area (Å²) in [4.78, 5) is 19.5. The van der Waals surface area contributed by atoms with E-state index in [1.54, 1.807) is 6.07 Å². The van der Waals surface area contributed by atoms with Crippen molar-refractivity contribution in [3.63, 3.8) is 0 Å². The Morgan fingerprint density at radius 3 is 2.28 bits per heavy atom. The van der Waals surface area contributed by atoms with E-state index in [4.69, 9.17) is 0 Å². The molecule has 0 bridgehead atoms. The number of hydrogen-bond acceptors (Lipinski definition) is 4. The first-order valence-corrected chi connectivity index (χ1v) is 9.51. The number of likely N-dealkylation sites (tertiary alicyclic amines) is 1. The SMILES string of the molecule is C[C@H]1C[C@H](C)CN(C(=O)[C@@H](C)N2CCN(c3ccccc3O)CC2)C1. The Hall–Kier alpha value is -1.75. The minimum Gasteiger partial charge on any atom is -0.506 e. The molecule has 2 saturated heterocycles. The monoisotopic (exact) mass is 345 g/mol. The molecule has 2 heterocycles. The van der Waals surface area contributed by atoms with Crippen LogP contribution in [0.3, 0.4) is 0 Å². The molecule has 0 unspecified atom stereocenters. The number of carbonyl (C=O) groups is 1. The quantitative estimate of drug-likeness (QED) is 0.914. The van der Waals surface area contributed by atoms with Crippen molar-refractivity contribution in [2.45, 2.75) is 33.2 Å². The number of piperidine rings is 1. The first kappa shape index (κ1) is 18.1. The highest BCUT2D eigenvalue weighted by Gasteiger charge is 2.32. The summed E-state index contributed by atoms with van der Waals surface area (Å²) in [5.74, 6) is 1.79. The van der Waals surface area contributed by atoms with Gasteiger partial charge < -0.3 is 14.9 Å². The third-order valence-electron chi connectivity index (χ3n) is 5.62. The van der Waals surface area contributed by atoms with E-state index < -0.39 is 0 Å². The molecular formula is C20H31N3O2. The number of carbonyl (C=O) groups excluding carboxylic acids is 1. The lowest BCUT2D eigenvalue weighted by molar-refractivity contribution is -0.139. The molecule has 0 spiro atoms. The number of hydrogen-bond donors (Lipinski definition) is 1. The molecule has 5 nitrogen and oxygen atoms in total. The van der Waals surface area contributed by atoms with Gasteiger partial charge in [-0.25, -0.2) is 0 Å². The number of aromatic hydroxyl groups is 1. The van der Waals surface area contributed by atoms with E-state index in [0.717, 1.165) is 45.0 Å². The van der Waals surface area contributed by atoms with E-state index in [-0.39, 0.29) is 11.9 Å². The molecule has 0 aliphatic carbocycles. The standard InChI is InChI=1S/C20H31N3O2/c1-15-12-16(2)14-23(13-15)20(25)17(3)21-8-10-22(11-9-21)18-6-4-5-7-19(18)24/h4-7,15-17,24H,8-14H2,1-3H3/t15-,16-,17+/m0/s1. The Bertz CT molecular complexity index is 588. The number of amides is 1. The fourth-order valence-corrected chi connectivity index (χ4v) is 4.34. The molecule has 0 saturated carbocycles. The Morgan fingerprint density at radius 2 is 1.68 bits per heavy atom. The summed E-state index contributed by atoms with van der Waals surface area (Å²) in [7, 11) is 0. The van der Waals surface area contributed by atoms with Crippen molar-refractivity contribution in [3.05, 3.63) is 24.3 Å². The van der Waals surface area contributed by atoms with Gasteiger partial charge in [-0.3, -0.25) is 9.69 Å². The lowest BCUT2D eigenvalue weighted by Crippen LogP contribution is -2.56. The van der Waals surface area contributed by atoms with Crippen molar-refractivity contribution < 1.29 is 9.90 Å². The smallest absolute Gasteiger partial charge is 0.239 e. The van der Waals surface area contributed by atoms with Crippen LogP contribution in [-0.4, -0.2) is 66.1 Å². The van der Waals surface area contributed by atoms with Crippen molar-refractivity contribution in [2.24, 2.45) is 11.8 Å². The minimum atomic E-state index is -0.0657. The maximum atomic E-state index is 12.9. The predicted octanol–water partition coefficient (Wildman–Crippen LogP) is 2.41. The van der Waals surface area contributed by atoms with Gasteiger partial charge in [0.1, 0.15) is 5.75 Å². The Morgan fingerprint density at radius 1 is 1.08 bits per heavy atom. The highest BCUT2D eigenvalue weighted by Crippen LogP contribution is 2.28. The molecule has 2 fully saturated rings. The van der Waals surface area contributed by atoms with Crippen molar-refractivity contribution in [3.8, 4) is 5.75 Å². The molecule has 25 heavy (non-hydrogen) atoms. The van der Waals surface area contributed by atoms with Gasteiger partial charge in [0.05, 0.1) is 11.7 Å². The van der Waals surface area contributed by atoms with Crippen LogP contribution in [0, 0.1) is 11.8 Å². The third-order valence-corrected chi connectivity index (χ3v) is 5.62. The van der Waals surface area contributed by atoms with Crippen LogP contribution in [0.25, 0.3) is 0 Å². The Balaban J connectivity index is 1.57. The second kappa shape index (κ2) is 7.65. The van der Waals surface area contributed by atoms with Crippen molar-refractivity contribution in [2.75, 3.05) is 44.2 Å². The second-order valence-electron chi connectivity index (χ2n) is 7.88. The number of piperazine rings is 1. The normalized spacial score (nSPS) is 26.5. The minimum absolute atomic E-state index is 0.0657. The lowest BCUT2D eigenvalue weighted by atomic mass is 9.91. The first-order chi connectivity index (χ1) is 12.0. The molecule has 1 aromatic carbocycles. The van der Waals surface area contributed by atoms with Crippen molar-refractivity contribution in [1.82, 2.24) is 9.80 Å². The van der Waals surface area contributed by atoms with Gasteiger partial charge in [0.25, 0.3) is 0 Å². The molecule has 1 amide bonds. The molecule has 0 radical (unpaired) electrons. The molecular weight excluding hydrogens is 314 g/mol. The molecule has 3 rings (SSSR count). The predicted molar refractivity (Wildman–Crippen MR) is 101 cm³/mol. The van der Waals surface area contributed by atoms with Crippen LogP contribution in [0.1, 0.15) is 27.2 Å². The van der Waals surface area contributed by atoms with Gasteiger partial charge in [-0.15, -0.1) is 0 Å². The zero-order valence-electron chi connectivity index (χ0n) is 15.7. The fourth-order valence-electron chi connectivity index (χ4n) is 4.34. The number of rotatable bonds is 3. The topological polar surface area (TPSA) is 47.0 Å². The van der Waals surface area contributed by atoms with Crippen LogP contribution >= 0.6 is 0 Å². The lowest BCUT2D eigenvalue weighted by Gasteiger charge is -2.42. The summed E-state index contributed by atoms with van der Waals surface area (Å²) < 4.78 is 0. The largest absolute Gasteiger partial charge is 0.506 e. The summed E-state index contributed by atoms with van der Waals surface area (Å²) in [5.41, 5.74) is 0.889. The molecule has 3 atom stereocenters. The zero-order chi connectivity index (χ0) is 18.0. The maximum Gasteiger partial charge on any atom is 0.239 e. The van der Waals surface area contributed by atoms with Gasteiger partial charge in [-0.05, 0) is 37.3 Å². The highest BCUT2D eigenvalue weighted by atomic mass is 16.3. The maximum absolute atomic E-state index is 12.9. The average molecular weight is 345 g/mol. The van der Waals surface area contributed by atoms with Gasteiger partial charge in [0.2, 0.25) is 5.91 Å². The molecule has 1 aromatic rings. The van der Waals surface area contributed by atoms with E-state index in [0.29, 0.717) is 17.6 Å². The first-order valence-electron chi connectivity index (χ1n) is 9.51. The number of phenols is 1. The third kappa shape index (κ3) is 4.09. The molecule has 5 heteroatoms. The summed E-state index contributed by atoms with van der Waals surface area (Å²) in [6.07, 6.45) is 1.22. The van der Waals surface area contributed by atoms with Gasteiger partial charge >= 0.3 is 0 Å². The van der Waals surface area contributed by atoms with Gasteiger partial charge in [0, 0.05) is 39.3 Å². The summed E-state index contributed by atoms with van der Waals surface area (Å²) >= 11 is 0. The van der Waals surface area contributed by atoms with E-state index in [1.165, 1.54) is 6.42 Å². The van der Waals surface area contributed by atoms with E-state index >= 15 is 0 Å². The Labute approximate surface area is 151 Å². The van der Waals surface area contributed by atoms with Crippen LogP contribution in [-0.2, 0) is 4.79 Å². The molecule has 1 N–H and O–H groups in total. The van der Waals surface area contributed by atoms with Crippen LogP contribution in [0.4, 0.5) is 5.69 Å². The Kier molecular flexibility index (Phi) is 5.52. The molecule has 2 aliphatic heterocycles. The zero-order valence-corrected chi connectivity index (χ0v) is 15.7. The van der Waals surface area contributed by atoms with Crippen LogP contribution in [0.5, 0.6) is 5.75 Å². The number of para-hydroxylation sites is 2. The van der Waals surface area contributed by atoms with E-state index in [2.05, 4.69) is 28.5 Å². The van der Waals surface area contributed by atoms with Crippen LogP contribution in [0.15, 0.2) is 24.3 Å². The fraction of sp³-hybridized carbons (Fsp3) is 0.650. The number of nitrogens with zero attached hydrogens (tertiary/aromatic N) is 3. The van der Waals surface area contributed by atoms with E-state index in [1.807, 2.05) is 25.1 Å². The van der Waals surface area contributed by atoms with E-state index in [9.17, 15) is 9.90 Å². The number of benzene rings is 1. The molecule has 2 aliphatic rings. The summed E-state index contributed by atoms with van der Waals surface area (Å²) in [6, 6.07) is 7.41. The van der Waals surface area contributed by atoms with Gasteiger partial charge in [-0.2, -0.15) is 0 Å². The average Bonchev–Trinajstić information content (AvgIpc) is 2.60. The molecule has 0 aromatic heterocycles. The number of anilines is 1. The van der Waals surface area contributed by atoms with Crippen molar-refractivity contribution >= 4 is 11.6 Å². The van der Waals surface area contributed by atoms with Crippen LogP contribution in [0.2, 0.25) is 0 Å². The van der Waals surface area contributed by atoms with Gasteiger partial charge in [-0.1, -0.05) is 26.0 Å². The van der Waals surface area contributed by atoms with Gasteiger partial charge in [0.15, 0.2) is 0 Å². The van der Waals surface area contributed by atoms with Crippen LogP contribution < -0.4 is 4.90 Å². The summed E-state index contributed by atoms with van der Waals surface area (Å²) in [5, 5.41) is 10.0. The summed E-state index contributed by atoms with van der Waals surface area (Å²) in [6.45, 7) is 11.7.